The van der Waals surface area contributed by atoms with Crippen LogP contribution in [0.5, 0.6) is 0 Å². The fraction of sp³-hybridized carbons (Fsp3) is 0.294. The summed E-state index contributed by atoms with van der Waals surface area (Å²) >= 11 is 0. The zero-order chi connectivity index (χ0) is 20.6. The highest BCUT2D eigenvalue weighted by molar-refractivity contribution is 5.81. The molecule has 0 fully saturated rings. The SMILES string of the molecule is CCCCN(C)c1c(F)c(F)c(F)c(F)c1-c1c(F)c(F)c(F)c(F)c1F. The Labute approximate surface area is 148 Å². The third-order valence-corrected chi connectivity index (χ3v) is 3.93. The van der Waals surface area contributed by atoms with E-state index in [-0.39, 0.29) is 6.54 Å². The number of halogens is 9. The van der Waals surface area contributed by atoms with Crippen molar-refractivity contribution in [2.45, 2.75) is 19.8 Å². The van der Waals surface area contributed by atoms with Gasteiger partial charge in [0.2, 0.25) is 5.82 Å². The first kappa shape index (κ1) is 20.9. The molecule has 27 heavy (non-hydrogen) atoms. The van der Waals surface area contributed by atoms with Crippen molar-refractivity contribution < 1.29 is 39.5 Å². The first-order valence-electron chi connectivity index (χ1n) is 7.64. The maximum atomic E-state index is 14.3. The van der Waals surface area contributed by atoms with Gasteiger partial charge in [0.05, 0.1) is 16.8 Å². The summed E-state index contributed by atoms with van der Waals surface area (Å²) in [5, 5.41) is 0. The Bertz CT molecular complexity index is 866. The minimum absolute atomic E-state index is 0.0969. The molecule has 0 heterocycles. The molecule has 0 aromatic heterocycles. The van der Waals surface area contributed by atoms with Gasteiger partial charge in [-0.15, -0.1) is 0 Å². The lowest BCUT2D eigenvalue weighted by Gasteiger charge is -2.24. The Balaban J connectivity index is 2.97. The fourth-order valence-corrected chi connectivity index (χ4v) is 2.54. The zero-order valence-electron chi connectivity index (χ0n) is 14.0. The topological polar surface area (TPSA) is 3.24 Å². The van der Waals surface area contributed by atoms with E-state index in [1.165, 1.54) is 0 Å². The van der Waals surface area contributed by atoms with Gasteiger partial charge in [-0.2, -0.15) is 0 Å². The van der Waals surface area contributed by atoms with Crippen LogP contribution >= 0.6 is 0 Å². The number of hydrogen-bond acceptors (Lipinski definition) is 1. The molecule has 0 saturated heterocycles. The van der Waals surface area contributed by atoms with E-state index in [0.29, 0.717) is 12.8 Å². The van der Waals surface area contributed by atoms with E-state index in [1.54, 1.807) is 6.92 Å². The Morgan fingerprint density at radius 3 is 1.37 bits per heavy atom. The second-order valence-electron chi connectivity index (χ2n) is 5.70. The molecule has 0 saturated carbocycles. The zero-order valence-corrected chi connectivity index (χ0v) is 14.0. The predicted molar refractivity (Wildman–Crippen MR) is 79.7 cm³/mol. The van der Waals surface area contributed by atoms with Gasteiger partial charge in [-0.05, 0) is 6.42 Å². The Morgan fingerprint density at radius 1 is 0.556 bits per heavy atom. The highest BCUT2D eigenvalue weighted by atomic mass is 19.2. The van der Waals surface area contributed by atoms with Gasteiger partial charge in [0.1, 0.15) is 0 Å². The summed E-state index contributed by atoms with van der Waals surface area (Å²) in [4.78, 5) is 0.803. The molecular weight excluding hydrogens is 389 g/mol. The second kappa shape index (κ2) is 7.69. The van der Waals surface area contributed by atoms with E-state index in [1.807, 2.05) is 0 Å². The lowest BCUT2D eigenvalue weighted by molar-refractivity contribution is 0.379. The van der Waals surface area contributed by atoms with Gasteiger partial charge in [0.25, 0.3) is 0 Å². The third kappa shape index (κ3) is 3.32. The molecule has 0 aliphatic carbocycles. The molecule has 0 radical (unpaired) electrons. The molecule has 0 aliphatic rings. The van der Waals surface area contributed by atoms with Crippen molar-refractivity contribution in [3.8, 4) is 11.1 Å². The quantitative estimate of drug-likeness (QED) is 0.346. The largest absolute Gasteiger partial charge is 0.372 e. The van der Waals surface area contributed by atoms with Crippen LogP contribution in [0.15, 0.2) is 0 Å². The Morgan fingerprint density at radius 2 is 0.926 bits per heavy atom. The molecule has 0 spiro atoms. The van der Waals surface area contributed by atoms with E-state index in [2.05, 4.69) is 0 Å². The molecule has 2 aromatic carbocycles. The minimum atomic E-state index is -2.53. The van der Waals surface area contributed by atoms with Crippen LogP contribution in [0.2, 0.25) is 0 Å². The lowest BCUT2D eigenvalue weighted by atomic mass is 9.98. The van der Waals surface area contributed by atoms with Gasteiger partial charge in [0.15, 0.2) is 46.5 Å². The number of nitrogens with zero attached hydrogens (tertiary/aromatic N) is 1. The minimum Gasteiger partial charge on any atom is -0.372 e. The van der Waals surface area contributed by atoms with Gasteiger partial charge in [-0.25, -0.2) is 39.5 Å². The number of unbranched alkanes of at least 4 members (excludes halogenated alkanes) is 1. The molecule has 1 nitrogen and oxygen atoms in total. The highest BCUT2D eigenvalue weighted by Gasteiger charge is 2.35. The van der Waals surface area contributed by atoms with Crippen molar-refractivity contribution in [2.75, 3.05) is 18.5 Å². The van der Waals surface area contributed by atoms with Crippen molar-refractivity contribution in [1.29, 1.82) is 0 Å². The summed E-state index contributed by atoms with van der Waals surface area (Å²) in [5.74, 6) is -21.4. The van der Waals surface area contributed by atoms with Gasteiger partial charge >= 0.3 is 0 Å². The standard InChI is InChI=1S/C17H12F9N/c1-3-4-5-27(2)17-7(10(20)13(23)15(25)16(17)26)6-8(18)11(21)14(24)12(22)9(6)19/h3-5H2,1-2H3. The summed E-state index contributed by atoms with van der Waals surface area (Å²) < 4.78 is 124. The van der Waals surface area contributed by atoms with Crippen LogP contribution in [0, 0.1) is 52.4 Å². The molecule has 148 valence electrons. The van der Waals surface area contributed by atoms with Crippen LogP contribution in [-0.2, 0) is 0 Å². The maximum Gasteiger partial charge on any atom is 0.200 e. The molecule has 0 N–H and O–H groups in total. The van der Waals surface area contributed by atoms with Crippen molar-refractivity contribution in [2.24, 2.45) is 0 Å². The summed E-state index contributed by atoms with van der Waals surface area (Å²) in [6.45, 7) is 1.61. The molecule has 0 unspecified atom stereocenters. The van der Waals surface area contributed by atoms with Crippen LogP contribution < -0.4 is 4.90 Å². The first-order chi connectivity index (χ1) is 12.6. The number of hydrogen-bond donors (Lipinski definition) is 0. The molecule has 10 heteroatoms. The van der Waals surface area contributed by atoms with Crippen molar-refractivity contribution >= 4 is 5.69 Å². The highest BCUT2D eigenvalue weighted by Crippen LogP contribution is 2.42. The Kier molecular flexibility index (Phi) is 5.96. The van der Waals surface area contributed by atoms with E-state index >= 15 is 0 Å². The van der Waals surface area contributed by atoms with Crippen LogP contribution in [0.25, 0.3) is 11.1 Å². The molecule has 0 bridgehead atoms. The number of benzene rings is 2. The number of rotatable bonds is 5. The lowest BCUT2D eigenvalue weighted by Crippen LogP contribution is -2.23. The predicted octanol–water partition coefficient (Wildman–Crippen LogP) is 5.84. The van der Waals surface area contributed by atoms with Crippen LogP contribution in [-0.4, -0.2) is 13.6 Å². The third-order valence-electron chi connectivity index (χ3n) is 3.93. The normalized spacial score (nSPS) is 11.2. The van der Waals surface area contributed by atoms with Crippen LogP contribution in [0.3, 0.4) is 0 Å². The molecule has 2 rings (SSSR count). The summed E-state index contributed by atoms with van der Waals surface area (Å²) in [7, 11) is 1.07. The summed E-state index contributed by atoms with van der Waals surface area (Å²) in [6.07, 6.45) is 0.850. The second-order valence-corrected chi connectivity index (χ2v) is 5.70. The summed E-state index contributed by atoms with van der Waals surface area (Å²) in [5.41, 5.74) is -4.65. The molecule has 2 aromatic rings. The van der Waals surface area contributed by atoms with Crippen molar-refractivity contribution in [1.82, 2.24) is 0 Å². The van der Waals surface area contributed by atoms with Crippen molar-refractivity contribution in [3.05, 3.63) is 52.4 Å². The first-order valence-corrected chi connectivity index (χ1v) is 7.64. The number of anilines is 1. The fourth-order valence-electron chi connectivity index (χ4n) is 2.54. The molecular formula is C17H12F9N. The van der Waals surface area contributed by atoms with Crippen molar-refractivity contribution in [3.63, 3.8) is 0 Å². The van der Waals surface area contributed by atoms with Gasteiger partial charge in [-0.1, -0.05) is 13.3 Å². The van der Waals surface area contributed by atoms with Gasteiger partial charge < -0.3 is 4.90 Å². The average Bonchev–Trinajstić information content (AvgIpc) is 2.65. The van der Waals surface area contributed by atoms with Gasteiger partial charge in [0, 0.05) is 13.6 Å². The van der Waals surface area contributed by atoms with E-state index in [9.17, 15) is 39.5 Å². The van der Waals surface area contributed by atoms with Gasteiger partial charge in [-0.3, -0.25) is 0 Å². The van der Waals surface area contributed by atoms with E-state index in [0.717, 1.165) is 11.9 Å². The average molecular weight is 401 g/mol. The molecule has 0 amide bonds. The van der Waals surface area contributed by atoms with E-state index < -0.39 is 69.2 Å². The van der Waals surface area contributed by atoms with E-state index in [4.69, 9.17) is 0 Å². The smallest absolute Gasteiger partial charge is 0.200 e. The molecule has 0 atom stereocenters. The summed E-state index contributed by atoms with van der Waals surface area (Å²) in [6, 6.07) is 0. The monoisotopic (exact) mass is 401 g/mol. The van der Waals surface area contributed by atoms with Crippen LogP contribution in [0.1, 0.15) is 19.8 Å². The Hall–Kier alpha value is -2.39. The maximum absolute atomic E-state index is 14.3. The van der Waals surface area contributed by atoms with Crippen LogP contribution in [0.4, 0.5) is 45.2 Å². The molecule has 0 aliphatic heterocycles.